The van der Waals surface area contributed by atoms with Crippen molar-refractivity contribution < 1.29 is 19.7 Å². The summed E-state index contributed by atoms with van der Waals surface area (Å²) in [5, 5.41) is 18.1. The number of carbonyl (C=O) groups is 1. The van der Waals surface area contributed by atoms with Gasteiger partial charge in [0.15, 0.2) is 0 Å². The largest absolute Gasteiger partial charge is 0.493 e. The SMILES string of the molecule is CC(C)(CCCCOc1ccccc1CO)C(=O)O. The van der Waals surface area contributed by atoms with Crippen LogP contribution in [0.15, 0.2) is 24.3 Å². The smallest absolute Gasteiger partial charge is 0.309 e. The molecule has 1 rings (SSSR count). The first-order valence-electron chi connectivity index (χ1n) is 6.52. The summed E-state index contributed by atoms with van der Waals surface area (Å²) in [6.07, 6.45) is 2.24. The summed E-state index contributed by atoms with van der Waals surface area (Å²) in [5.74, 6) is -0.0680. The normalized spacial score (nSPS) is 11.3. The minimum absolute atomic E-state index is 0.0395. The second-order valence-electron chi connectivity index (χ2n) is 5.26. The van der Waals surface area contributed by atoms with E-state index in [0.29, 0.717) is 18.8 Å². The molecule has 0 unspecified atom stereocenters. The average molecular weight is 266 g/mol. The Bertz CT molecular complexity index is 412. The zero-order valence-corrected chi connectivity index (χ0v) is 11.6. The Kier molecular flexibility index (Phi) is 5.83. The third kappa shape index (κ3) is 4.91. The quantitative estimate of drug-likeness (QED) is 0.710. The Morgan fingerprint density at radius 2 is 1.95 bits per heavy atom. The topological polar surface area (TPSA) is 66.8 Å². The number of para-hydroxylation sites is 1. The highest BCUT2D eigenvalue weighted by atomic mass is 16.5. The van der Waals surface area contributed by atoms with Crippen LogP contribution in [0, 0.1) is 5.41 Å². The first-order chi connectivity index (χ1) is 8.97. The number of aliphatic carboxylic acids is 1. The fourth-order valence-corrected chi connectivity index (χ4v) is 1.73. The Morgan fingerprint density at radius 3 is 2.58 bits per heavy atom. The van der Waals surface area contributed by atoms with E-state index < -0.39 is 11.4 Å². The maximum atomic E-state index is 10.9. The molecule has 0 heterocycles. The second kappa shape index (κ2) is 7.14. The predicted molar refractivity (Wildman–Crippen MR) is 73.1 cm³/mol. The van der Waals surface area contributed by atoms with E-state index in [1.807, 2.05) is 24.3 Å². The van der Waals surface area contributed by atoms with Crippen LogP contribution in [0.5, 0.6) is 5.75 Å². The predicted octanol–water partition coefficient (Wildman–Crippen LogP) is 2.84. The summed E-state index contributed by atoms with van der Waals surface area (Å²) >= 11 is 0. The van der Waals surface area contributed by atoms with Crippen molar-refractivity contribution in [2.45, 2.75) is 39.7 Å². The zero-order valence-electron chi connectivity index (χ0n) is 11.6. The zero-order chi connectivity index (χ0) is 14.3. The summed E-state index contributed by atoms with van der Waals surface area (Å²) in [5.41, 5.74) is 0.0941. The van der Waals surface area contributed by atoms with Gasteiger partial charge < -0.3 is 14.9 Å². The van der Waals surface area contributed by atoms with E-state index in [1.54, 1.807) is 13.8 Å². The Balaban J connectivity index is 2.30. The van der Waals surface area contributed by atoms with E-state index in [9.17, 15) is 4.79 Å². The highest BCUT2D eigenvalue weighted by Gasteiger charge is 2.25. The van der Waals surface area contributed by atoms with Gasteiger partial charge in [0, 0.05) is 5.56 Å². The van der Waals surface area contributed by atoms with Crippen molar-refractivity contribution in [3.05, 3.63) is 29.8 Å². The molecule has 0 aliphatic rings. The lowest BCUT2D eigenvalue weighted by Crippen LogP contribution is -2.23. The molecule has 0 spiro atoms. The molecule has 0 saturated heterocycles. The lowest BCUT2D eigenvalue weighted by atomic mass is 9.87. The van der Waals surface area contributed by atoms with E-state index in [0.717, 1.165) is 18.4 Å². The van der Waals surface area contributed by atoms with Crippen LogP contribution in [-0.2, 0) is 11.4 Å². The molecule has 0 radical (unpaired) electrons. The van der Waals surface area contributed by atoms with Gasteiger partial charge in [0.2, 0.25) is 0 Å². The van der Waals surface area contributed by atoms with Crippen LogP contribution >= 0.6 is 0 Å². The third-order valence-electron chi connectivity index (χ3n) is 3.18. The number of unbranched alkanes of at least 4 members (excludes halogenated alkanes) is 1. The first kappa shape index (κ1) is 15.5. The fraction of sp³-hybridized carbons (Fsp3) is 0.533. The summed E-state index contributed by atoms with van der Waals surface area (Å²) < 4.78 is 5.60. The molecule has 0 fully saturated rings. The number of aliphatic hydroxyl groups excluding tert-OH is 1. The fourth-order valence-electron chi connectivity index (χ4n) is 1.73. The standard InChI is InChI=1S/C15H22O4/c1-15(2,14(17)18)9-5-6-10-19-13-8-4-3-7-12(13)11-16/h3-4,7-8,16H,5-6,9-11H2,1-2H3,(H,17,18). The van der Waals surface area contributed by atoms with Crippen molar-refractivity contribution in [3.8, 4) is 5.75 Å². The molecule has 0 aliphatic heterocycles. The van der Waals surface area contributed by atoms with Crippen molar-refractivity contribution in [2.75, 3.05) is 6.61 Å². The summed E-state index contributed by atoms with van der Waals surface area (Å²) in [7, 11) is 0. The second-order valence-corrected chi connectivity index (χ2v) is 5.26. The van der Waals surface area contributed by atoms with Gasteiger partial charge in [-0.25, -0.2) is 0 Å². The van der Waals surface area contributed by atoms with Crippen LogP contribution < -0.4 is 4.74 Å². The molecular weight excluding hydrogens is 244 g/mol. The van der Waals surface area contributed by atoms with E-state index in [1.165, 1.54) is 0 Å². The maximum absolute atomic E-state index is 10.9. The van der Waals surface area contributed by atoms with Crippen LogP contribution in [0.2, 0.25) is 0 Å². The van der Waals surface area contributed by atoms with E-state index in [4.69, 9.17) is 14.9 Å². The molecule has 4 nitrogen and oxygen atoms in total. The van der Waals surface area contributed by atoms with Crippen LogP contribution in [0.25, 0.3) is 0 Å². The van der Waals surface area contributed by atoms with Crippen molar-refractivity contribution in [2.24, 2.45) is 5.41 Å². The average Bonchev–Trinajstić information content (AvgIpc) is 2.38. The molecule has 0 aliphatic carbocycles. The van der Waals surface area contributed by atoms with Crippen molar-refractivity contribution in [1.29, 1.82) is 0 Å². The number of benzene rings is 1. The van der Waals surface area contributed by atoms with Gasteiger partial charge in [-0.05, 0) is 39.2 Å². The molecule has 4 heteroatoms. The van der Waals surface area contributed by atoms with Gasteiger partial charge in [-0.1, -0.05) is 18.2 Å². The molecule has 0 bridgehead atoms. The minimum atomic E-state index is -0.765. The molecule has 2 N–H and O–H groups in total. The highest BCUT2D eigenvalue weighted by molar-refractivity contribution is 5.73. The highest BCUT2D eigenvalue weighted by Crippen LogP contribution is 2.23. The summed E-state index contributed by atoms with van der Waals surface area (Å²) in [4.78, 5) is 10.9. The van der Waals surface area contributed by atoms with Crippen LogP contribution in [0.1, 0.15) is 38.7 Å². The van der Waals surface area contributed by atoms with Crippen LogP contribution in [0.4, 0.5) is 0 Å². The molecule has 106 valence electrons. The first-order valence-corrected chi connectivity index (χ1v) is 6.52. The molecule has 1 aromatic carbocycles. The molecular formula is C15H22O4. The van der Waals surface area contributed by atoms with E-state index >= 15 is 0 Å². The third-order valence-corrected chi connectivity index (χ3v) is 3.18. The van der Waals surface area contributed by atoms with Gasteiger partial charge in [0.1, 0.15) is 5.75 Å². The molecule has 19 heavy (non-hydrogen) atoms. The van der Waals surface area contributed by atoms with Gasteiger partial charge in [-0.2, -0.15) is 0 Å². The molecule has 0 saturated carbocycles. The number of hydrogen-bond acceptors (Lipinski definition) is 3. The van der Waals surface area contributed by atoms with Gasteiger partial charge in [0.05, 0.1) is 18.6 Å². The number of carboxylic acids is 1. The van der Waals surface area contributed by atoms with E-state index in [-0.39, 0.29) is 6.61 Å². The van der Waals surface area contributed by atoms with Crippen molar-refractivity contribution >= 4 is 5.97 Å². The summed E-state index contributed by atoms with van der Waals surface area (Å²) in [6, 6.07) is 7.37. The monoisotopic (exact) mass is 266 g/mol. The molecule has 0 amide bonds. The van der Waals surface area contributed by atoms with Gasteiger partial charge >= 0.3 is 5.97 Å². The number of carboxylic acid groups (broad SMARTS) is 1. The van der Waals surface area contributed by atoms with Crippen molar-refractivity contribution in [1.82, 2.24) is 0 Å². The lowest BCUT2D eigenvalue weighted by molar-refractivity contribution is -0.147. The van der Waals surface area contributed by atoms with Crippen LogP contribution in [-0.4, -0.2) is 22.8 Å². The Morgan fingerprint density at radius 1 is 1.26 bits per heavy atom. The number of rotatable bonds is 8. The maximum Gasteiger partial charge on any atom is 0.309 e. The molecule has 0 aromatic heterocycles. The van der Waals surface area contributed by atoms with E-state index in [2.05, 4.69) is 0 Å². The Labute approximate surface area is 114 Å². The molecule has 0 atom stereocenters. The number of aliphatic hydroxyl groups is 1. The lowest BCUT2D eigenvalue weighted by Gasteiger charge is -2.18. The number of ether oxygens (including phenoxy) is 1. The van der Waals surface area contributed by atoms with Gasteiger partial charge in [-0.3, -0.25) is 4.79 Å². The Hall–Kier alpha value is -1.55. The van der Waals surface area contributed by atoms with Gasteiger partial charge in [-0.15, -0.1) is 0 Å². The summed E-state index contributed by atoms with van der Waals surface area (Å²) in [6.45, 7) is 3.96. The van der Waals surface area contributed by atoms with Crippen LogP contribution in [0.3, 0.4) is 0 Å². The van der Waals surface area contributed by atoms with Gasteiger partial charge in [0.25, 0.3) is 0 Å². The minimum Gasteiger partial charge on any atom is -0.493 e. The number of hydrogen-bond donors (Lipinski definition) is 2. The molecule has 1 aromatic rings. The van der Waals surface area contributed by atoms with Crippen molar-refractivity contribution in [3.63, 3.8) is 0 Å².